The molecule has 1 aromatic heterocycles. The average Bonchev–Trinajstić information content (AvgIpc) is 2.28. The van der Waals surface area contributed by atoms with Gasteiger partial charge in [0.15, 0.2) is 0 Å². The summed E-state index contributed by atoms with van der Waals surface area (Å²) in [7, 11) is 3.62. The van der Waals surface area contributed by atoms with E-state index in [1.54, 1.807) is 7.11 Å². The van der Waals surface area contributed by atoms with Crippen LogP contribution in [0.2, 0.25) is 0 Å². The molecule has 1 aromatic rings. The molecule has 1 heterocycles. The van der Waals surface area contributed by atoms with E-state index in [1.165, 1.54) is 0 Å². The van der Waals surface area contributed by atoms with Gasteiger partial charge in [-0.05, 0) is 13.0 Å². The number of methoxy groups -OCH3 is 1. The molecule has 0 atom stereocenters. The third-order valence-electron chi connectivity index (χ3n) is 2.39. The molecule has 0 unspecified atom stereocenters. The van der Waals surface area contributed by atoms with Crippen molar-refractivity contribution in [1.82, 2.24) is 4.98 Å². The van der Waals surface area contributed by atoms with E-state index < -0.39 is 0 Å². The molecule has 1 rings (SSSR count). The average molecular weight is 222 g/mol. The van der Waals surface area contributed by atoms with Crippen molar-refractivity contribution >= 4 is 12.1 Å². The zero-order valence-corrected chi connectivity index (χ0v) is 10.1. The van der Waals surface area contributed by atoms with E-state index in [9.17, 15) is 4.79 Å². The number of aromatic nitrogens is 1. The van der Waals surface area contributed by atoms with Gasteiger partial charge in [0, 0.05) is 38.4 Å². The molecule has 0 radical (unpaired) electrons. The largest absolute Gasteiger partial charge is 0.383 e. The van der Waals surface area contributed by atoms with Crippen LogP contribution in [0.15, 0.2) is 12.1 Å². The smallest absolute Gasteiger partial charge is 0.132 e. The summed E-state index contributed by atoms with van der Waals surface area (Å²) in [5.41, 5.74) is 1.91. The maximum Gasteiger partial charge on any atom is 0.132 e. The summed E-state index contributed by atoms with van der Waals surface area (Å²) >= 11 is 0. The van der Waals surface area contributed by atoms with Crippen LogP contribution in [0.4, 0.5) is 5.82 Å². The molecule has 88 valence electrons. The van der Waals surface area contributed by atoms with Gasteiger partial charge in [-0.15, -0.1) is 0 Å². The van der Waals surface area contributed by atoms with Gasteiger partial charge in [0.25, 0.3) is 0 Å². The van der Waals surface area contributed by atoms with E-state index in [1.807, 2.05) is 31.0 Å². The van der Waals surface area contributed by atoms with Crippen molar-refractivity contribution in [3.05, 3.63) is 23.4 Å². The Labute approximate surface area is 96.2 Å². The maximum absolute atomic E-state index is 10.6. The number of nitrogens with zero attached hydrogens (tertiary/aromatic N) is 2. The second-order valence-electron chi connectivity index (χ2n) is 3.72. The zero-order valence-electron chi connectivity index (χ0n) is 10.1. The highest BCUT2D eigenvalue weighted by Crippen LogP contribution is 2.17. The quantitative estimate of drug-likeness (QED) is 0.679. The second-order valence-corrected chi connectivity index (χ2v) is 3.72. The van der Waals surface area contributed by atoms with Gasteiger partial charge in [-0.3, -0.25) is 0 Å². The minimum atomic E-state index is 0.403. The lowest BCUT2D eigenvalue weighted by atomic mass is 10.2. The first-order chi connectivity index (χ1) is 7.69. The summed E-state index contributed by atoms with van der Waals surface area (Å²) in [4.78, 5) is 17.0. The summed E-state index contributed by atoms with van der Waals surface area (Å²) in [5, 5.41) is 0. The molecule has 0 bridgehead atoms. The number of hydrogen-bond donors (Lipinski definition) is 0. The Morgan fingerprint density at radius 2 is 2.25 bits per heavy atom. The summed E-state index contributed by atoms with van der Waals surface area (Å²) < 4.78 is 5.03. The number of hydrogen-bond acceptors (Lipinski definition) is 4. The Balaban J connectivity index is 2.89. The van der Waals surface area contributed by atoms with Gasteiger partial charge in [-0.25, -0.2) is 4.98 Å². The van der Waals surface area contributed by atoms with E-state index >= 15 is 0 Å². The Bertz CT molecular complexity index is 353. The molecule has 0 aliphatic heterocycles. The number of ether oxygens (including phenoxy) is 1. The van der Waals surface area contributed by atoms with Crippen molar-refractivity contribution in [2.45, 2.75) is 13.3 Å². The molecule has 0 N–H and O–H groups in total. The Morgan fingerprint density at radius 1 is 1.50 bits per heavy atom. The van der Waals surface area contributed by atoms with E-state index in [4.69, 9.17) is 4.74 Å². The normalized spacial score (nSPS) is 10.2. The third-order valence-corrected chi connectivity index (χ3v) is 2.39. The van der Waals surface area contributed by atoms with Gasteiger partial charge in [0.2, 0.25) is 0 Å². The fraction of sp³-hybridized carbons (Fsp3) is 0.500. The summed E-state index contributed by atoms with van der Waals surface area (Å²) in [6, 6.07) is 3.88. The van der Waals surface area contributed by atoms with Crippen molar-refractivity contribution < 1.29 is 9.53 Å². The molecule has 0 saturated carbocycles. The van der Waals surface area contributed by atoms with Gasteiger partial charge >= 0.3 is 0 Å². The predicted octanol–water partition coefficient (Wildman–Crippen LogP) is 1.21. The van der Waals surface area contributed by atoms with Crippen molar-refractivity contribution in [1.29, 1.82) is 0 Å². The number of likely N-dealkylation sites (N-methyl/N-ethyl adjacent to an activating group) is 1. The standard InChI is InChI=1S/C12H18N2O2/c1-10-4-5-11(6-8-15)12(13-10)14(2)7-9-16-3/h4-5,8H,6-7,9H2,1-3H3. The van der Waals surface area contributed by atoms with Crippen LogP contribution in [0.25, 0.3) is 0 Å². The number of carbonyl (C=O) groups excluding carboxylic acids is 1. The Morgan fingerprint density at radius 3 is 2.88 bits per heavy atom. The van der Waals surface area contributed by atoms with Crippen molar-refractivity contribution in [3.8, 4) is 0 Å². The first-order valence-corrected chi connectivity index (χ1v) is 5.29. The summed E-state index contributed by atoms with van der Waals surface area (Å²) in [6.45, 7) is 3.35. The van der Waals surface area contributed by atoms with E-state index in [-0.39, 0.29) is 0 Å². The van der Waals surface area contributed by atoms with Crippen LogP contribution < -0.4 is 4.90 Å². The fourth-order valence-corrected chi connectivity index (χ4v) is 1.49. The van der Waals surface area contributed by atoms with E-state index in [2.05, 4.69) is 4.98 Å². The molecule has 4 nitrogen and oxygen atoms in total. The van der Waals surface area contributed by atoms with E-state index in [0.29, 0.717) is 13.0 Å². The summed E-state index contributed by atoms with van der Waals surface area (Å²) in [6.07, 6.45) is 1.31. The first kappa shape index (κ1) is 12.6. The Hall–Kier alpha value is -1.42. The van der Waals surface area contributed by atoms with Gasteiger partial charge < -0.3 is 14.4 Å². The van der Waals surface area contributed by atoms with Gasteiger partial charge in [-0.1, -0.05) is 6.07 Å². The molecule has 0 spiro atoms. The molecule has 16 heavy (non-hydrogen) atoms. The molecule has 4 heteroatoms. The van der Waals surface area contributed by atoms with Crippen molar-refractivity contribution in [2.75, 3.05) is 32.2 Å². The lowest BCUT2D eigenvalue weighted by Crippen LogP contribution is -2.24. The van der Waals surface area contributed by atoms with Crippen molar-refractivity contribution in [2.24, 2.45) is 0 Å². The van der Waals surface area contributed by atoms with Gasteiger partial charge in [0.1, 0.15) is 12.1 Å². The molecule has 0 amide bonds. The van der Waals surface area contributed by atoms with Crippen LogP contribution in [-0.2, 0) is 16.0 Å². The minimum absolute atomic E-state index is 0.403. The second kappa shape index (κ2) is 6.23. The monoisotopic (exact) mass is 222 g/mol. The number of carbonyl (C=O) groups is 1. The molecule has 0 aliphatic rings. The maximum atomic E-state index is 10.6. The molecule has 0 aliphatic carbocycles. The molecular formula is C12H18N2O2. The fourth-order valence-electron chi connectivity index (χ4n) is 1.49. The topological polar surface area (TPSA) is 42.4 Å². The molecule has 0 saturated heterocycles. The molecule has 0 fully saturated rings. The highest BCUT2D eigenvalue weighted by Gasteiger charge is 2.08. The van der Waals surface area contributed by atoms with Gasteiger partial charge in [0.05, 0.1) is 6.61 Å². The number of aryl methyl sites for hydroxylation is 1. The van der Waals surface area contributed by atoms with Crippen LogP contribution in [0, 0.1) is 6.92 Å². The third kappa shape index (κ3) is 3.31. The van der Waals surface area contributed by atoms with Crippen molar-refractivity contribution in [3.63, 3.8) is 0 Å². The minimum Gasteiger partial charge on any atom is -0.383 e. The molecule has 0 aromatic carbocycles. The van der Waals surface area contributed by atoms with Crippen LogP contribution in [0.5, 0.6) is 0 Å². The van der Waals surface area contributed by atoms with Crippen LogP contribution in [0.1, 0.15) is 11.3 Å². The number of pyridine rings is 1. The van der Waals surface area contributed by atoms with E-state index in [0.717, 1.165) is 29.9 Å². The number of rotatable bonds is 6. The first-order valence-electron chi connectivity index (χ1n) is 5.29. The summed E-state index contributed by atoms with van der Waals surface area (Å²) in [5.74, 6) is 0.865. The predicted molar refractivity (Wildman–Crippen MR) is 63.9 cm³/mol. The zero-order chi connectivity index (χ0) is 12.0. The van der Waals surface area contributed by atoms with Crippen LogP contribution in [0.3, 0.4) is 0 Å². The number of anilines is 1. The Kier molecular flexibility index (Phi) is 4.92. The highest BCUT2D eigenvalue weighted by molar-refractivity contribution is 5.61. The lowest BCUT2D eigenvalue weighted by molar-refractivity contribution is -0.107. The van der Waals surface area contributed by atoms with Gasteiger partial charge in [-0.2, -0.15) is 0 Å². The van der Waals surface area contributed by atoms with Crippen LogP contribution in [-0.4, -0.2) is 38.6 Å². The van der Waals surface area contributed by atoms with Crippen LogP contribution >= 0.6 is 0 Å². The highest BCUT2D eigenvalue weighted by atomic mass is 16.5. The molecular weight excluding hydrogens is 204 g/mol. The lowest BCUT2D eigenvalue weighted by Gasteiger charge is -2.20. The number of aldehydes is 1. The SMILES string of the molecule is COCCN(C)c1nc(C)ccc1CC=O.